The molecule has 0 heterocycles. The van der Waals surface area contributed by atoms with E-state index in [0.29, 0.717) is 17.1 Å². The second kappa shape index (κ2) is 3.47. The summed E-state index contributed by atoms with van der Waals surface area (Å²) in [4.78, 5) is 11.4. The van der Waals surface area contributed by atoms with Crippen molar-refractivity contribution in [3.63, 3.8) is 0 Å². The van der Waals surface area contributed by atoms with E-state index in [2.05, 4.69) is 32.9 Å². The van der Waals surface area contributed by atoms with E-state index < -0.39 is 0 Å². The molecule has 0 saturated heterocycles. The number of Topliss-reactive ketones (excluding diaryl/α,β-unsaturated/α-hetero) is 1. The molecule has 1 fully saturated rings. The molecule has 0 amide bonds. The monoisotopic (exact) mass is 206 g/mol. The lowest BCUT2D eigenvalue weighted by Gasteiger charge is -2.37. The van der Waals surface area contributed by atoms with Crippen LogP contribution in [0.25, 0.3) is 0 Å². The van der Waals surface area contributed by atoms with Gasteiger partial charge in [0.25, 0.3) is 0 Å². The van der Waals surface area contributed by atoms with Gasteiger partial charge in [-0.15, -0.1) is 0 Å². The van der Waals surface area contributed by atoms with Crippen LogP contribution in [0.1, 0.15) is 52.9 Å². The van der Waals surface area contributed by atoms with E-state index in [4.69, 9.17) is 0 Å². The quantitative estimate of drug-likeness (QED) is 0.552. The summed E-state index contributed by atoms with van der Waals surface area (Å²) in [6, 6.07) is 0. The molecule has 1 saturated carbocycles. The van der Waals surface area contributed by atoms with Crippen LogP contribution in [0.3, 0.4) is 0 Å². The van der Waals surface area contributed by atoms with Crippen molar-refractivity contribution in [2.24, 2.45) is 16.7 Å². The first-order valence-corrected chi connectivity index (χ1v) is 6.12. The summed E-state index contributed by atoms with van der Waals surface area (Å²) in [7, 11) is 0. The molecule has 0 aromatic carbocycles. The van der Waals surface area contributed by atoms with Crippen LogP contribution in [0.2, 0.25) is 0 Å². The van der Waals surface area contributed by atoms with Crippen LogP contribution in [-0.2, 0) is 4.79 Å². The summed E-state index contributed by atoms with van der Waals surface area (Å²) in [6.07, 6.45) is 9.92. The van der Waals surface area contributed by atoms with Gasteiger partial charge in [-0.2, -0.15) is 0 Å². The highest BCUT2D eigenvalue weighted by molar-refractivity contribution is 5.81. The van der Waals surface area contributed by atoms with E-state index in [1.807, 2.05) is 0 Å². The Morgan fingerprint density at radius 3 is 2.47 bits per heavy atom. The summed E-state index contributed by atoms with van der Waals surface area (Å²) in [5, 5.41) is 0. The Balaban J connectivity index is 2.09. The van der Waals surface area contributed by atoms with E-state index >= 15 is 0 Å². The Morgan fingerprint density at radius 2 is 2.07 bits per heavy atom. The van der Waals surface area contributed by atoms with Crippen molar-refractivity contribution in [2.75, 3.05) is 0 Å². The van der Waals surface area contributed by atoms with Crippen LogP contribution in [0.5, 0.6) is 0 Å². The largest absolute Gasteiger partial charge is 0.300 e. The van der Waals surface area contributed by atoms with Crippen molar-refractivity contribution in [2.45, 2.75) is 52.9 Å². The van der Waals surface area contributed by atoms with E-state index in [9.17, 15) is 4.79 Å². The third-order valence-corrected chi connectivity index (χ3v) is 4.20. The molecule has 84 valence electrons. The van der Waals surface area contributed by atoms with E-state index in [-0.39, 0.29) is 5.41 Å². The molecule has 15 heavy (non-hydrogen) atoms. The molecule has 0 aromatic rings. The van der Waals surface area contributed by atoms with Crippen molar-refractivity contribution in [3.05, 3.63) is 12.2 Å². The van der Waals surface area contributed by atoms with Gasteiger partial charge in [0.2, 0.25) is 0 Å². The maximum absolute atomic E-state index is 11.4. The minimum Gasteiger partial charge on any atom is -0.300 e. The van der Waals surface area contributed by atoms with Gasteiger partial charge in [-0.25, -0.2) is 0 Å². The number of allylic oxidation sites excluding steroid dienone is 2. The Labute approximate surface area is 92.9 Å². The summed E-state index contributed by atoms with van der Waals surface area (Å²) in [5.74, 6) is 1.16. The number of rotatable bonds is 0. The van der Waals surface area contributed by atoms with Gasteiger partial charge in [-0.3, -0.25) is 4.79 Å². The molecule has 1 heteroatoms. The first-order valence-electron chi connectivity index (χ1n) is 6.12. The standard InChI is InChI=1S/C14H22O/c1-13(2,3)11-4-7-14(8-5-11)9-6-12(15)10-14/h4,7,11H,5-6,8-10H2,1-3H3/t11-,14+/m1/s1. The van der Waals surface area contributed by atoms with Crippen LogP contribution in [0.4, 0.5) is 0 Å². The van der Waals surface area contributed by atoms with E-state index in [1.54, 1.807) is 0 Å². The zero-order valence-corrected chi connectivity index (χ0v) is 10.2. The van der Waals surface area contributed by atoms with Crippen molar-refractivity contribution < 1.29 is 4.79 Å². The fourth-order valence-corrected chi connectivity index (χ4v) is 2.98. The van der Waals surface area contributed by atoms with Gasteiger partial charge < -0.3 is 0 Å². The SMILES string of the molecule is CC(C)(C)[C@@H]1C=C[C@@]2(CCC(=O)C2)CC1. The van der Waals surface area contributed by atoms with Crippen LogP contribution >= 0.6 is 0 Å². The molecule has 0 unspecified atom stereocenters. The summed E-state index contributed by atoms with van der Waals surface area (Å²) >= 11 is 0. The fourth-order valence-electron chi connectivity index (χ4n) is 2.98. The molecule has 0 radical (unpaired) electrons. The van der Waals surface area contributed by atoms with Gasteiger partial charge in [0.05, 0.1) is 0 Å². The molecule has 2 aliphatic carbocycles. The van der Waals surface area contributed by atoms with E-state index in [0.717, 1.165) is 19.3 Å². The summed E-state index contributed by atoms with van der Waals surface area (Å²) in [6.45, 7) is 6.92. The predicted molar refractivity (Wildman–Crippen MR) is 62.6 cm³/mol. The molecule has 2 rings (SSSR count). The molecule has 0 aromatic heterocycles. The maximum atomic E-state index is 11.4. The second-order valence-corrected chi connectivity index (χ2v) is 6.45. The molecule has 0 bridgehead atoms. The lowest BCUT2D eigenvalue weighted by Crippen LogP contribution is -2.26. The summed E-state index contributed by atoms with van der Waals surface area (Å²) in [5.41, 5.74) is 0.638. The first-order chi connectivity index (χ1) is 6.91. The van der Waals surface area contributed by atoms with Gasteiger partial charge in [0.15, 0.2) is 0 Å². The van der Waals surface area contributed by atoms with Gasteiger partial charge >= 0.3 is 0 Å². The van der Waals surface area contributed by atoms with Crippen LogP contribution in [0.15, 0.2) is 12.2 Å². The average molecular weight is 206 g/mol. The number of hydrogen-bond donors (Lipinski definition) is 0. The normalized spacial score (nSPS) is 36.5. The number of ketones is 1. The Hall–Kier alpha value is -0.590. The zero-order valence-electron chi connectivity index (χ0n) is 10.2. The number of carbonyl (C=O) groups excluding carboxylic acids is 1. The zero-order chi connectivity index (χ0) is 11.1. The van der Waals surface area contributed by atoms with Crippen LogP contribution in [-0.4, -0.2) is 5.78 Å². The third-order valence-electron chi connectivity index (χ3n) is 4.20. The highest BCUT2D eigenvalue weighted by Crippen LogP contribution is 2.48. The van der Waals surface area contributed by atoms with Crippen molar-refractivity contribution in [1.29, 1.82) is 0 Å². The highest BCUT2D eigenvalue weighted by atomic mass is 16.1. The minimum atomic E-state index is 0.263. The topological polar surface area (TPSA) is 17.1 Å². The van der Waals surface area contributed by atoms with Crippen molar-refractivity contribution >= 4 is 5.78 Å². The molecule has 1 spiro atoms. The van der Waals surface area contributed by atoms with Gasteiger partial charge in [-0.05, 0) is 36.0 Å². The fraction of sp³-hybridized carbons (Fsp3) is 0.786. The number of hydrogen-bond acceptors (Lipinski definition) is 1. The van der Waals surface area contributed by atoms with Gasteiger partial charge in [0, 0.05) is 12.8 Å². The van der Waals surface area contributed by atoms with Crippen molar-refractivity contribution in [3.8, 4) is 0 Å². The summed E-state index contributed by atoms with van der Waals surface area (Å²) < 4.78 is 0. The Kier molecular flexibility index (Phi) is 2.52. The maximum Gasteiger partial charge on any atom is 0.133 e. The minimum absolute atomic E-state index is 0.263. The lowest BCUT2D eigenvalue weighted by molar-refractivity contribution is -0.117. The lowest BCUT2D eigenvalue weighted by atomic mass is 9.68. The highest BCUT2D eigenvalue weighted by Gasteiger charge is 2.39. The van der Waals surface area contributed by atoms with Gasteiger partial charge in [-0.1, -0.05) is 32.9 Å². The molecule has 0 N–H and O–H groups in total. The van der Waals surface area contributed by atoms with Crippen LogP contribution < -0.4 is 0 Å². The molecular formula is C14H22O. The number of carbonyl (C=O) groups is 1. The molecule has 2 atom stereocenters. The molecule has 1 nitrogen and oxygen atoms in total. The smallest absolute Gasteiger partial charge is 0.133 e. The molecular weight excluding hydrogens is 184 g/mol. The second-order valence-electron chi connectivity index (χ2n) is 6.45. The van der Waals surface area contributed by atoms with E-state index in [1.165, 1.54) is 12.8 Å². The Morgan fingerprint density at radius 1 is 1.33 bits per heavy atom. The third kappa shape index (κ3) is 2.16. The molecule has 0 aliphatic heterocycles. The first kappa shape index (κ1) is 10.9. The van der Waals surface area contributed by atoms with Gasteiger partial charge in [0.1, 0.15) is 5.78 Å². The van der Waals surface area contributed by atoms with Crippen molar-refractivity contribution in [1.82, 2.24) is 0 Å². The van der Waals surface area contributed by atoms with Crippen LogP contribution in [0, 0.1) is 16.7 Å². The Bertz CT molecular complexity index is 295. The molecule has 2 aliphatic rings. The average Bonchev–Trinajstić information content (AvgIpc) is 2.47. The predicted octanol–water partition coefficient (Wildman–Crippen LogP) is 3.74.